The highest BCUT2D eigenvalue weighted by Crippen LogP contribution is 2.22. The van der Waals surface area contributed by atoms with E-state index >= 15 is 0 Å². The van der Waals surface area contributed by atoms with Crippen molar-refractivity contribution in [2.75, 3.05) is 19.7 Å². The Balaban J connectivity index is 1.83. The lowest BCUT2D eigenvalue weighted by Gasteiger charge is -2.32. The highest BCUT2D eigenvalue weighted by molar-refractivity contribution is 7.90. The number of hydrogen-bond acceptors (Lipinski definition) is 5. The van der Waals surface area contributed by atoms with Gasteiger partial charge in [0, 0.05) is 18.7 Å². The van der Waals surface area contributed by atoms with E-state index in [0.29, 0.717) is 25.3 Å². The average molecular weight is 337 g/mol. The van der Waals surface area contributed by atoms with Gasteiger partial charge in [-0.25, -0.2) is 8.42 Å². The highest BCUT2D eigenvalue weighted by atomic mass is 32.2. The summed E-state index contributed by atoms with van der Waals surface area (Å²) in [5, 5.41) is 0. The molecule has 1 aromatic rings. The largest absolute Gasteiger partial charge is 0.375 e. The van der Waals surface area contributed by atoms with Gasteiger partial charge in [0.15, 0.2) is 0 Å². The van der Waals surface area contributed by atoms with Gasteiger partial charge in [-0.1, -0.05) is 12.1 Å². The van der Waals surface area contributed by atoms with Crippen LogP contribution in [-0.4, -0.2) is 56.9 Å². The molecule has 1 N–H and O–H groups in total. The monoisotopic (exact) mass is 337 g/mol. The number of carbonyl (C=O) groups excluding carboxylic acids is 1. The van der Waals surface area contributed by atoms with E-state index < -0.39 is 16.1 Å². The Morgan fingerprint density at radius 3 is 2.91 bits per heavy atom. The molecule has 2 atom stereocenters. The molecule has 23 heavy (non-hydrogen) atoms. The van der Waals surface area contributed by atoms with Crippen molar-refractivity contribution in [2.45, 2.75) is 30.9 Å². The maximum atomic E-state index is 12.5. The van der Waals surface area contributed by atoms with Crippen LogP contribution in [0.3, 0.4) is 0 Å². The molecule has 124 valence electrons. The van der Waals surface area contributed by atoms with Crippen LogP contribution in [0.5, 0.6) is 0 Å². The number of hydrogen-bond donors (Lipinski definition) is 1. The van der Waals surface area contributed by atoms with Crippen LogP contribution < -0.4 is 4.72 Å². The lowest BCUT2D eigenvalue weighted by molar-refractivity contribution is -0.139. The zero-order chi connectivity index (χ0) is 16.6. The van der Waals surface area contributed by atoms with Crippen LogP contribution in [0.25, 0.3) is 0 Å². The third kappa shape index (κ3) is 3.09. The number of amides is 1. The van der Waals surface area contributed by atoms with E-state index in [0.717, 1.165) is 0 Å². The molecule has 1 fully saturated rings. The number of carbonyl (C=O) groups is 1. The number of sulfonamides is 1. The SMILES string of the molecule is C[C@@H]1CN(C(=O)[C@H](C)N=C2NS(=O)(=O)c3ccccc32)CCO1. The topological polar surface area (TPSA) is 88.1 Å². The summed E-state index contributed by atoms with van der Waals surface area (Å²) in [7, 11) is -3.59. The fraction of sp³-hybridized carbons (Fsp3) is 0.467. The first kappa shape index (κ1) is 15.9. The Bertz CT molecular complexity index is 760. The minimum absolute atomic E-state index is 0.00161. The van der Waals surface area contributed by atoms with E-state index in [1.165, 1.54) is 6.07 Å². The van der Waals surface area contributed by atoms with E-state index in [2.05, 4.69) is 9.71 Å². The fourth-order valence-corrected chi connectivity index (χ4v) is 4.00. The molecule has 0 unspecified atom stereocenters. The molecule has 0 radical (unpaired) electrons. The van der Waals surface area contributed by atoms with Crippen LogP contribution in [0.15, 0.2) is 34.2 Å². The number of benzene rings is 1. The van der Waals surface area contributed by atoms with E-state index in [4.69, 9.17) is 4.74 Å². The molecule has 2 aliphatic rings. The summed E-state index contributed by atoms with van der Waals surface area (Å²) in [5.74, 6) is 0.0963. The molecular weight excluding hydrogens is 318 g/mol. The molecule has 1 aromatic carbocycles. The van der Waals surface area contributed by atoms with Crippen molar-refractivity contribution in [1.82, 2.24) is 9.62 Å². The first-order valence-electron chi connectivity index (χ1n) is 7.49. The van der Waals surface area contributed by atoms with E-state index in [9.17, 15) is 13.2 Å². The van der Waals surface area contributed by atoms with Crippen molar-refractivity contribution in [3.8, 4) is 0 Å². The predicted octanol–water partition coefficient (Wildman–Crippen LogP) is 0.361. The molecule has 0 aliphatic carbocycles. The Morgan fingerprint density at radius 2 is 2.17 bits per heavy atom. The van der Waals surface area contributed by atoms with Gasteiger partial charge in [0.2, 0.25) is 5.91 Å². The van der Waals surface area contributed by atoms with Crippen LogP contribution in [0, 0.1) is 0 Å². The minimum atomic E-state index is -3.59. The molecule has 7 nitrogen and oxygen atoms in total. The van der Waals surface area contributed by atoms with Crippen molar-refractivity contribution in [3.05, 3.63) is 29.8 Å². The number of rotatable bonds is 2. The zero-order valence-corrected chi connectivity index (χ0v) is 13.8. The van der Waals surface area contributed by atoms with Crippen molar-refractivity contribution in [1.29, 1.82) is 0 Å². The van der Waals surface area contributed by atoms with Gasteiger partial charge in [-0.3, -0.25) is 14.5 Å². The molecule has 8 heteroatoms. The maximum Gasteiger partial charge on any atom is 0.263 e. The maximum absolute atomic E-state index is 12.5. The second-order valence-corrected chi connectivity index (χ2v) is 7.37. The van der Waals surface area contributed by atoms with Crippen LogP contribution in [0.2, 0.25) is 0 Å². The summed E-state index contributed by atoms with van der Waals surface area (Å²) in [5.41, 5.74) is 0.502. The lowest BCUT2D eigenvalue weighted by atomic mass is 10.2. The molecular formula is C15H19N3O4S. The fourth-order valence-electron chi connectivity index (χ4n) is 2.76. The smallest absolute Gasteiger partial charge is 0.263 e. The molecule has 1 saturated heterocycles. The van der Waals surface area contributed by atoms with Gasteiger partial charge in [-0.2, -0.15) is 0 Å². The van der Waals surface area contributed by atoms with Gasteiger partial charge in [0.05, 0.1) is 17.6 Å². The summed E-state index contributed by atoms with van der Waals surface area (Å²) >= 11 is 0. The normalized spacial score (nSPS) is 25.7. The van der Waals surface area contributed by atoms with Gasteiger partial charge in [-0.15, -0.1) is 0 Å². The van der Waals surface area contributed by atoms with Crippen LogP contribution in [0.1, 0.15) is 19.4 Å². The summed E-state index contributed by atoms with van der Waals surface area (Å²) in [6.45, 7) is 5.14. The number of fused-ring (bicyclic) bond motifs is 1. The van der Waals surface area contributed by atoms with Crippen LogP contribution in [0.4, 0.5) is 0 Å². The van der Waals surface area contributed by atoms with Crippen LogP contribution in [-0.2, 0) is 19.6 Å². The predicted molar refractivity (Wildman–Crippen MR) is 84.8 cm³/mol. The molecule has 0 aromatic heterocycles. The van der Waals surface area contributed by atoms with Gasteiger partial charge < -0.3 is 9.64 Å². The lowest BCUT2D eigenvalue weighted by Crippen LogP contribution is -2.47. The van der Waals surface area contributed by atoms with Gasteiger partial charge in [0.25, 0.3) is 10.0 Å². The number of morpholine rings is 1. The van der Waals surface area contributed by atoms with Gasteiger partial charge >= 0.3 is 0 Å². The average Bonchev–Trinajstić information content (AvgIpc) is 2.78. The van der Waals surface area contributed by atoms with Gasteiger partial charge in [0.1, 0.15) is 11.9 Å². The molecule has 0 bridgehead atoms. The summed E-state index contributed by atoms with van der Waals surface area (Å²) < 4.78 is 32.0. The summed E-state index contributed by atoms with van der Waals surface area (Å²) in [4.78, 5) is 18.7. The number of ether oxygens (including phenoxy) is 1. The van der Waals surface area contributed by atoms with Crippen molar-refractivity contribution in [3.63, 3.8) is 0 Å². The molecule has 3 rings (SSSR count). The van der Waals surface area contributed by atoms with Crippen molar-refractivity contribution < 1.29 is 17.9 Å². The Hall–Kier alpha value is -1.93. The first-order chi connectivity index (χ1) is 10.9. The number of amidine groups is 1. The number of nitrogens with zero attached hydrogens (tertiary/aromatic N) is 2. The third-order valence-corrected chi connectivity index (χ3v) is 5.29. The Morgan fingerprint density at radius 1 is 1.43 bits per heavy atom. The quantitative estimate of drug-likeness (QED) is 0.844. The highest BCUT2D eigenvalue weighted by Gasteiger charge is 2.32. The minimum Gasteiger partial charge on any atom is -0.375 e. The number of aliphatic imine (C=N–C) groups is 1. The van der Waals surface area contributed by atoms with Crippen molar-refractivity contribution in [2.24, 2.45) is 4.99 Å². The molecule has 0 spiro atoms. The Labute approximate surface area is 135 Å². The zero-order valence-electron chi connectivity index (χ0n) is 13.0. The first-order valence-corrected chi connectivity index (χ1v) is 8.97. The summed E-state index contributed by atoms with van der Waals surface area (Å²) in [6, 6.07) is 5.94. The third-order valence-electron chi connectivity index (χ3n) is 3.90. The second-order valence-electron chi connectivity index (χ2n) is 5.72. The van der Waals surface area contributed by atoms with E-state index in [1.54, 1.807) is 30.0 Å². The van der Waals surface area contributed by atoms with E-state index in [-0.39, 0.29) is 22.7 Å². The molecule has 1 amide bonds. The molecule has 2 heterocycles. The Kier molecular flexibility index (Phi) is 4.11. The van der Waals surface area contributed by atoms with Gasteiger partial charge in [-0.05, 0) is 26.0 Å². The van der Waals surface area contributed by atoms with Crippen LogP contribution >= 0.6 is 0 Å². The second kappa shape index (κ2) is 5.93. The summed E-state index contributed by atoms with van der Waals surface area (Å²) in [6.07, 6.45) is -0.00161. The van der Waals surface area contributed by atoms with E-state index in [1.807, 2.05) is 6.92 Å². The number of nitrogens with one attached hydrogen (secondary N) is 1. The molecule has 0 saturated carbocycles. The molecule has 2 aliphatic heterocycles. The standard InChI is InChI=1S/C15H19N3O4S/c1-10-9-18(7-8-22-10)15(19)11(2)16-14-12-5-3-4-6-13(12)23(20,21)17-14/h3-6,10-11H,7-9H2,1-2H3,(H,16,17)/t10-,11+/m1/s1. The van der Waals surface area contributed by atoms with Crippen molar-refractivity contribution >= 4 is 21.8 Å².